The summed E-state index contributed by atoms with van der Waals surface area (Å²) < 4.78 is 5.65. The van der Waals surface area contributed by atoms with Crippen LogP contribution >= 0.6 is 0 Å². The smallest absolute Gasteiger partial charge is 0.254 e. The second-order valence-corrected chi connectivity index (χ2v) is 5.80. The lowest BCUT2D eigenvalue weighted by Gasteiger charge is -2.16. The van der Waals surface area contributed by atoms with E-state index >= 15 is 0 Å². The van der Waals surface area contributed by atoms with E-state index in [2.05, 4.69) is 4.98 Å². The van der Waals surface area contributed by atoms with Gasteiger partial charge in [-0.05, 0) is 18.1 Å². The van der Waals surface area contributed by atoms with Crippen LogP contribution in [0.3, 0.4) is 0 Å². The number of likely N-dealkylation sites (tertiary alicyclic amines) is 1. The van der Waals surface area contributed by atoms with Crippen LogP contribution in [0.15, 0.2) is 48.7 Å². The number of amides is 2. The maximum Gasteiger partial charge on any atom is 0.254 e. The molecule has 24 heavy (non-hydrogen) atoms. The normalized spacial score (nSPS) is 16.8. The van der Waals surface area contributed by atoms with Crippen molar-refractivity contribution >= 4 is 11.8 Å². The van der Waals surface area contributed by atoms with Crippen molar-refractivity contribution in [1.29, 1.82) is 0 Å². The van der Waals surface area contributed by atoms with Gasteiger partial charge in [0.15, 0.2) is 0 Å². The molecule has 0 bridgehead atoms. The van der Waals surface area contributed by atoms with Gasteiger partial charge in [-0.2, -0.15) is 0 Å². The fourth-order valence-electron chi connectivity index (χ4n) is 2.71. The summed E-state index contributed by atoms with van der Waals surface area (Å²) in [4.78, 5) is 29.6. The van der Waals surface area contributed by atoms with Crippen molar-refractivity contribution in [1.82, 2.24) is 9.88 Å². The second kappa shape index (κ2) is 7.12. The van der Waals surface area contributed by atoms with Gasteiger partial charge in [-0.25, -0.2) is 4.98 Å². The Bertz CT molecular complexity index is 733. The van der Waals surface area contributed by atoms with Crippen LogP contribution in [-0.2, 0) is 11.4 Å². The van der Waals surface area contributed by atoms with Gasteiger partial charge in [0.05, 0.1) is 5.92 Å². The number of aromatic nitrogens is 1. The van der Waals surface area contributed by atoms with Crippen molar-refractivity contribution in [3.05, 3.63) is 59.8 Å². The number of hydrogen-bond acceptors (Lipinski definition) is 4. The number of ether oxygens (including phenoxy) is 1. The molecule has 124 valence electrons. The Hall–Kier alpha value is -2.89. The number of carbonyl (C=O) groups excluding carboxylic acids is 2. The molecule has 1 aliphatic rings. The molecule has 1 aromatic heterocycles. The van der Waals surface area contributed by atoms with Crippen LogP contribution in [0.1, 0.15) is 22.3 Å². The summed E-state index contributed by atoms with van der Waals surface area (Å²) in [6.07, 6.45) is 2.17. The zero-order chi connectivity index (χ0) is 16.9. The van der Waals surface area contributed by atoms with Gasteiger partial charge in [-0.3, -0.25) is 9.59 Å². The van der Waals surface area contributed by atoms with Gasteiger partial charge >= 0.3 is 0 Å². The Morgan fingerprint density at radius 2 is 2.04 bits per heavy atom. The number of benzene rings is 1. The molecule has 0 saturated carbocycles. The quantitative estimate of drug-likeness (QED) is 0.905. The number of rotatable bonds is 5. The van der Waals surface area contributed by atoms with E-state index in [1.807, 2.05) is 30.3 Å². The third-order valence-electron chi connectivity index (χ3n) is 4.09. The number of hydrogen-bond donors (Lipinski definition) is 1. The summed E-state index contributed by atoms with van der Waals surface area (Å²) in [7, 11) is 0. The van der Waals surface area contributed by atoms with E-state index in [1.165, 1.54) is 0 Å². The van der Waals surface area contributed by atoms with Crippen molar-refractivity contribution < 1.29 is 14.3 Å². The number of carbonyl (C=O) groups is 2. The Morgan fingerprint density at radius 1 is 1.25 bits per heavy atom. The monoisotopic (exact) mass is 325 g/mol. The van der Waals surface area contributed by atoms with E-state index in [-0.39, 0.29) is 17.7 Å². The van der Waals surface area contributed by atoms with Crippen molar-refractivity contribution in [3.8, 4) is 5.88 Å². The number of nitrogens with two attached hydrogens (primary N) is 1. The highest BCUT2D eigenvalue weighted by Gasteiger charge is 2.30. The summed E-state index contributed by atoms with van der Waals surface area (Å²) in [5, 5.41) is 0. The van der Waals surface area contributed by atoms with Crippen LogP contribution in [0, 0.1) is 5.92 Å². The van der Waals surface area contributed by atoms with Crippen LogP contribution < -0.4 is 10.5 Å². The molecule has 1 aliphatic heterocycles. The molecule has 6 nitrogen and oxygen atoms in total. The summed E-state index contributed by atoms with van der Waals surface area (Å²) >= 11 is 0. The van der Waals surface area contributed by atoms with Gasteiger partial charge in [0.2, 0.25) is 11.8 Å². The topological polar surface area (TPSA) is 85.5 Å². The number of pyridine rings is 1. The highest BCUT2D eigenvalue weighted by Crippen LogP contribution is 2.20. The molecule has 0 spiro atoms. The maximum absolute atomic E-state index is 12.5. The van der Waals surface area contributed by atoms with E-state index < -0.39 is 0 Å². The molecule has 2 aromatic rings. The van der Waals surface area contributed by atoms with Gasteiger partial charge < -0.3 is 15.4 Å². The van der Waals surface area contributed by atoms with Crippen molar-refractivity contribution in [2.75, 3.05) is 13.1 Å². The first-order valence-corrected chi connectivity index (χ1v) is 7.85. The van der Waals surface area contributed by atoms with Crippen LogP contribution in [0.25, 0.3) is 0 Å². The predicted molar refractivity (Wildman–Crippen MR) is 88.2 cm³/mol. The van der Waals surface area contributed by atoms with Crippen molar-refractivity contribution in [2.45, 2.75) is 13.0 Å². The number of nitrogens with zero attached hydrogens (tertiary/aromatic N) is 2. The second-order valence-electron chi connectivity index (χ2n) is 5.80. The molecule has 3 rings (SSSR count). The Labute approximate surface area is 140 Å². The first-order valence-electron chi connectivity index (χ1n) is 7.85. The zero-order valence-corrected chi connectivity index (χ0v) is 13.2. The average molecular weight is 325 g/mol. The molecular weight excluding hydrogens is 306 g/mol. The lowest BCUT2D eigenvalue weighted by Crippen LogP contribution is -2.31. The summed E-state index contributed by atoms with van der Waals surface area (Å²) in [5.74, 6) is -0.349. The molecule has 1 unspecified atom stereocenters. The lowest BCUT2D eigenvalue weighted by molar-refractivity contribution is -0.121. The van der Waals surface area contributed by atoms with Gasteiger partial charge in [0.1, 0.15) is 6.61 Å². The Kier molecular flexibility index (Phi) is 4.74. The molecule has 0 radical (unpaired) electrons. The minimum absolute atomic E-state index is 0.134. The molecule has 1 saturated heterocycles. The van der Waals surface area contributed by atoms with Crippen LogP contribution in [0.5, 0.6) is 5.88 Å². The maximum atomic E-state index is 12.5. The minimum Gasteiger partial charge on any atom is -0.473 e. The summed E-state index contributed by atoms with van der Waals surface area (Å²) in [5.41, 5.74) is 6.84. The van der Waals surface area contributed by atoms with E-state index in [9.17, 15) is 9.59 Å². The van der Waals surface area contributed by atoms with Crippen LogP contribution in [-0.4, -0.2) is 34.8 Å². The number of primary amides is 1. The third-order valence-corrected chi connectivity index (χ3v) is 4.09. The van der Waals surface area contributed by atoms with E-state index in [1.54, 1.807) is 23.2 Å². The highest BCUT2D eigenvalue weighted by atomic mass is 16.5. The fraction of sp³-hybridized carbons (Fsp3) is 0.278. The summed E-state index contributed by atoms with van der Waals surface area (Å²) in [6, 6.07) is 13.0. The van der Waals surface area contributed by atoms with Gasteiger partial charge in [0, 0.05) is 30.9 Å². The standard InChI is InChI=1S/C18H19N3O3/c19-17(22)15-7-9-21(11-15)18(23)14-6-8-20-16(10-14)24-12-13-4-2-1-3-5-13/h1-6,8,10,15H,7,9,11-12H2,(H2,19,22). The lowest BCUT2D eigenvalue weighted by atomic mass is 10.1. The molecule has 0 aliphatic carbocycles. The van der Waals surface area contributed by atoms with Gasteiger partial charge in [0.25, 0.3) is 5.91 Å². The van der Waals surface area contributed by atoms with E-state index in [0.717, 1.165) is 5.56 Å². The highest BCUT2D eigenvalue weighted by molar-refractivity contribution is 5.95. The van der Waals surface area contributed by atoms with Crippen molar-refractivity contribution in [2.24, 2.45) is 11.7 Å². The van der Waals surface area contributed by atoms with Gasteiger partial charge in [-0.1, -0.05) is 30.3 Å². The van der Waals surface area contributed by atoms with Crippen LogP contribution in [0.4, 0.5) is 0 Å². The SMILES string of the molecule is NC(=O)C1CCN(C(=O)c2ccnc(OCc3ccccc3)c2)C1. The molecule has 2 N–H and O–H groups in total. The van der Waals surface area contributed by atoms with Gasteiger partial charge in [-0.15, -0.1) is 0 Å². The molecule has 1 atom stereocenters. The Morgan fingerprint density at radius 3 is 2.75 bits per heavy atom. The van der Waals surface area contributed by atoms with E-state index in [4.69, 9.17) is 10.5 Å². The van der Waals surface area contributed by atoms with Crippen LogP contribution in [0.2, 0.25) is 0 Å². The Balaban J connectivity index is 1.64. The average Bonchev–Trinajstić information content (AvgIpc) is 3.11. The minimum atomic E-state index is -0.355. The zero-order valence-electron chi connectivity index (χ0n) is 13.2. The molecule has 1 aromatic carbocycles. The fourth-order valence-corrected chi connectivity index (χ4v) is 2.71. The summed E-state index contributed by atoms with van der Waals surface area (Å²) in [6.45, 7) is 1.30. The third kappa shape index (κ3) is 3.71. The molecule has 6 heteroatoms. The predicted octanol–water partition coefficient (Wildman–Crippen LogP) is 1.61. The molecular formula is C18H19N3O3. The molecule has 2 heterocycles. The van der Waals surface area contributed by atoms with Crippen molar-refractivity contribution in [3.63, 3.8) is 0 Å². The molecule has 1 fully saturated rings. The van der Waals surface area contributed by atoms with E-state index in [0.29, 0.717) is 37.6 Å². The molecule has 2 amide bonds. The largest absolute Gasteiger partial charge is 0.473 e. The first kappa shape index (κ1) is 16.0. The first-order chi connectivity index (χ1) is 11.6.